The lowest BCUT2D eigenvalue weighted by Gasteiger charge is -2.13. The summed E-state index contributed by atoms with van der Waals surface area (Å²) in [5.74, 6) is -0.944. The van der Waals surface area contributed by atoms with Gasteiger partial charge in [0.2, 0.25) is 5.91 Å². The number of nitrogens with one attached hydrogen (secondary N) is 1. The maximum absolute atomic E-state index is 14.1. The molecule has 152 valence electrons. The van der Waals surface area contributed by atoms with Gasteiger partial charge < -0.3 is 5.32 Å². The Balaban J connectivity index is 1.75. The Hall–Kier alpha value is -3.59. The SMILES string of the molecule is Cc1ccccc1NC(=O)Cn1c(=O)n(Cc2ccccc2F)c(=O)c2nscc21. The number of benzene rings is 2. The summed E-state index contributed by atoms with van der Waals surface area (Å²) in [4.78, 5) is 38.5. The van der Waals surface area contributed by atoms with Crippen LogP contribution in [0.25, 0.3) is 11.0 Å². The van der Waals surface area contributed by atoms with Crippen molar-refractivity contribution < 1.29 is 9.18 Å². The summed E-state index contributed by atoms with van der Waals surface area (Å²) in [6.07, 6.45) is 0. The number of amides is 1. The smallest absolute Gasteiger partial charge is 0.324 e. The second-order valence-corrected chi connectivity index (χ2v) is 7.39. The van der Waals surface area contributed by atoms with Crippen LogP contribution in [0.2, 0.25) is 0 Å². The van der Waals surface area contributed by atoms with Gasteiger partial charge >= 0.3 is 5.69 Å². The molecule has 0 spiro atoms. The second kappa shape index (κ2) is 8.03. The number of aromatic nitrogens is 3. The van der Waals surface area contributed by atoms with Gasteiger partial charge in [0, 0.05) is 16.6 Å². The van der Waals surface area contributed by atoms with E-state index in [1.165, 1.54) is 22.8 Å². The summed E-state index contributed by atoms with van der Waals surface area (Å²) < 4.78 is 20.2. The molecule has 2 aromatic carbocycles. The molecule has 0 aliphatic carbocycles. The third-order valence-electron chi connectivity index (χ3n) is 4.76. The molecule has 4 rings (SSSR count). The summed E-state index contributed by atoms with van der Waals surface area (Å²) in [5, 5.41) is 4.32. The summed E-state index contributed by atoms with van der Waals surface area (Å²) >= 11 is 1.01. The number of anilines is 1. The topological polar surface area (TPSA) is 86.0 Å². The predicted molar refractivity (Wildman–Crippen MR) is 113 cm³/mol. The maximum Gasteiger partial charge on any atom is 0.332 e. The Morgan fingerprint density at radius 2 is 1.83 bits per heavy atom. The number of rotatable bonds is 5. The molecule has 0 radical (unpaired) electrons. The lowest BCUT2D eigenvalue weighted by molar-refractivity contribution is -0.116. The van der Waals surface area contributed by atoms with Crippen LogP contribution in [0.3, 0.4) is 0 Å². The number of carbonyl (C=O) groups is 1. The van der Waals surface area contributed by atoms with Crippen molar-refractivity contribution in [2.75, 3.05) is 5.32 Å². The first-order valence-corrected chi connectivity index (χ1v) is 9.96. The molecule has 30 heavy (non-hydrogen) atoms. The molecule has 1 amide bonds. The zero-order valence-electron chi connectivity index (χ0n) is 16.0. The number of para-hydroxylation sites is 1. The van der Waals surface area contributed by atoms with E-state index in [-0.39, 0.29) is 29.7 Å². The summed E-state index contributed by atoms with van der Waals surface area (Å²) in [6, 6.07) is 13.2. The quantitative estimate of drug-likeness (QED) is 0.534. The molecule has 4 aromatic rings. The van der Waals surface area contributed by atoms with Gasteiger partial charge in [-0.3, -0.25) is 18.7 Å². The molecular formula is C21H17FN4O3S. The molecule has 0 aliphatic rings. The first-order chi connectivity index (χ1) is 14.5. The van der Waals surface area contributed by atoms with E-state index in [0.29, 0.717) is 5.69 Å². The minimum atomic E-state index is -0.698. The fraction of sp³-hybridized carbons (Fsp3) is 0.143. The molecule has 2 heterocycles. The van der Waals surface area contributed by atoms with Gasteiger partial charge in [0.1, 0.15) is 12.4 Å². The standard InChI is InChI=1S/C21H17FN4O3S/c1-13-6-2-5-9-16(13)23-18(27)11-25-17-12-30-24-19(17)20(28)26(21(25)29)10-14-7-3-4-8-15(14)22/h2-9,12H,10-11H2,1H3,(H,23,27). The van der Waals surface area contributed by atoms with Crippen LogP contribution < -0.4 is 16.6 Å². The van der Waals surface area contributed by atoms with Crippen molar-refractivity contribution in [1.82, 2.24) is 13.5 Å². The van der Waals surface area contributed by atoms with Crippen molar-refractivity contribution in [1.29, 1.82) is 0 Å². The van der Waals surface area contributed by atoms with Crippen LogP contribution in [0.1, 0.15) is 11.1 Å². The van der Waals surface area contributed by atoms with Gasteiger partial charge in [-0.15, -0.1) is 0 Å². The highest BCUT2D eigenvalue weighted by Gasteiger charge is 2.18. The maximum atomic E-state index is 14.1. The lowest BCUT2D eigenvalue weighted by atomic mass is 10.2. The van der Waals surface area contributed by atoms with E-state index in [0.717, 1.165) is 21.7 Å². The average Bonchev–Trinajstić information content (AvgIpc) is 3.21. The third-order valence-corrected chi connectivity index (χ3v) is 5.38. The van der Waals surface area contributed by atoms with Crippen LogP contribution >= 0.6 is 11.5 Å². The molecule has 0 unspecified atom stereocenters. The Morgan fingerprint density at radius 3 is 2.60 bits per heavy atom. The Morgan fingerprint density at radius 1 is 1.10 bits per heavy atom. The Labute approximate surface area is 174 Å². The molecular weight excluding hydrogens is 407 g/mol. The monoisotopic (exact) mass is 424 g/mol. The van der Waals surface area contributed by atoms with Crippen molar-refractivity contribution >= 4 is 34.2 Å². The number of hydrogen-bond donors (Lipinski definition) is 1. The molecule has 0 saturated heterocycles. The van der Waals surface area contributed by atoms with Crippen LogP contribution in [-0.2, 0) is 17.9 Å². The van der Waals surface area contributed by atoms with E-state index in [2.05, 4.69) is 9.69 Å². The first-order valence-electron chi connectivity index (χ1n) is 9.12. The molecule has 1 N–H and O–H groups in total. The van der Waals surface area contributed by atoms with E-state index in [4.69, 9.17) is 0 Å². The van der Waals surface area contributed by atoms with Gasteiger partial charge in [-0.25, -0.2) is 9.18 Å². The zero-order chi connectivity index (χ0) is 21.3. The van der Waals surface area contributed by atoms with E-state index < -0.39 is 23.0 Å². The van der Waals surface area contributed by atoms with Gasteiger partial charge in [-0.05, 0) is 36.2 Å². The number of nitrogens with zero attached hydrogens (tertiary/aromatic N) is 3. The number of fused-ring (bicyclic) bond motifs is 1. The zero-order valence-corrected chi connectivity index (χ0v) is 16.8. The largest absolute Gasteiger partial charge is 0.332 e. The van der Waals surface area contributed by atoms with Gasteiger partial charge in [0.15, 0.2) is 5.52 Å². The number of aryl methyl sites for hydroxylation is 1. The van der Waals surface area contributed by atoms with Gasteiger partial charge in [0.25, 0.3) is 5.56 Å². The highest BCUT2D eigenvalue weighted by Crippen LogP contribution is 2.14. The molecule has 0 saturated carbocycles. The van der Waals surface area contributed by atoms with Crippen LogP contribution in [0.4, 0.5) is 10.1 Å². The van der Waals surface area contributed by atoms with Crippen molar-refractivity contribution in [3.63, 3.8) is 0 Å². The van der Waals surface area contributed by atoms with Crippen LogP contribution in [0.15, 0.2) is 63.5 Å². The molecule has 7 nitrogen and oxygen atoms in total. The highest BCUT2D eigenvalue weighted by molar-refractivity contribution is 7.04. The van der Waals surface area contributed by atoms with Crippen LogP contribution in [0, 0.1) is 12.7 Å². The normalized spacial score (nSPS) is 11.0. The fourth-order valence-corrected chi connectivity index (χ4v) is 3.84. The highest BCUT2D eigenvalue weighted by atomic mass is 32.1. The van der Waals surface area contributed by atoms with Crippen molar-refractivity contribution in [2.24, 2.45) is 0 Å². The van der Waals surface area contributed by atoms with E-state index in [1.807, 2.05) is 19.1 Å². The minimum Gasteiger partial charge on any atom is -0.324 e. The van der Waals surface area contributed by atoms with E-state index in [1.54, 1.807) is 23.6 Å². The lowest BCUT2D eigenvalue weighted by Crippen LogP contribution is -2.42. The molecule has 0 fully saturated rings. The molecule has 9 heteroatoms. The predicted octanol–water partition coefficient (Wildman–Crippen LogP) is 2.75. The van der Waals surface area contributed by atoms with Crippen molar-refractivity contribution in [3.05, 3.63) is 91.7 Å². The van der Waals surface area contributed by atoms with Crippen molar-refractivity contribution in [3.8, 4) is 0 Å². The van der Waals surface area contributed by atoms with Gasteiger partial charge in [0.05, 0.1) is 12.1 Å². The fourth-order valence-electron chi connectivity index (χ4n) is 3.17. The van der Waals surface area contributed by atoms with Crippen molar-refractivity contribution in [2.45, 2.75) is 20.0 Å². The summed E-state index contributed by atoms with van der Waals surface area (Å²) in [5.41, 5.74) is 0.743. The molecule has 0 atom stereocenters. The molecule has 0 bridgehead atoms. The van der Waals surface area contributed by atoms with E-state index >= 15 is 0 Å². The summed E-state index contributed by atoms with van der Waals surface area (Å²) in [6.45, 7) is 1.30. The summed E-state index contributed by atoms with van der Waals surface area (Å²) in [7, 11) is 0. The third kappa shape index (κ3) is 3.67. The van der Waals surface area contributed by atoms with Crippen LogP contribution in [-0.4, -0.2) is 19.4 Å². The first kappa shape index (κ1) is 19.7. The Bertz CT molecular complexity index is 1370. The number of halogens is 1. The minimum absolute atomic E-state index is 0.0691. The molecule has 0 aliphatic heterocycles. The van der Waals surface area contributed by atoms with E-state index in [9.17, 15) is 18.8 Å². The average molecular weight is 424 g/mol. The van der Waals surface area contributed by atoms with Gasteiger partial charge in [-0.2, -0.15) is 4.37 Å². The number of hydrogen-bond acceptors (Lipinski definition) is 5. The van der Waals surface area contributed by atoms with Crippen LogP contribution in [0.5, 0.6) is 0 Å². The Kier molecular flexibility index (Phi) is 5.28. The molecule has 2 aromatic heterocycles. The second-order valence-electron chi connectivity index (χ2n) is 6.76. The number of carbonyl (C=O) groups excluding carboxylic acids is 1. The van der Waals surface area contributed by atoms with Gasteiger partial charge in [-0.1, -0.05) is 36.4 Å².